The Morgan fingerprint density at radius 3 is 2.57 bits per heavy atom. The number of aryl methyl sites for hydroxylation is 1. The third-order valence-corrected chi connectivity index (χ3v) is 5.17. The molecule has 0 spiro atoms. The summed E-state index contributed by atoms with van der Waals surface area (Å²) in [7, 11) is 2.16. The van der Waals surface area contributed by atoms with Gasteiger partial charge in [0.1, 0.15) is 12.0 Å². The van der Waals surface area contributed by atoms with E-state index < -0.39 is 0 Å². The molecule has 0 unspecified atom stereocenters. The SMILES string of the molecule is Cc1cc(C(=O)NCC2(N3CCOCC3)CCN(C)CC2)co1. The highest BCUT2D eigenvalue weighted by atomic mass is 16.5. The lowest BCUT2D eigenvalue weighted by atomic mass is 9.85. The van der Waals surface area contributed by atoms with Crippen molar-refractivity contribution >= 4 is 5.91 Å². The van der Waals surface area contributed by atoms with Gasteiger partial charge in [0.05, 0.1) is 18.8 Å². The maximum absolute atomic E-state index is 12.4. The standard InChI is InChI=1S/C17H27N3O3/c1-14-11-15(12-23-14)16(21)18-13-17(3-5-19(2)6-4-17)20-7-9-22-10-8-20/h11-12H,3-10,13H2,1-2H3,(H,18,21). The Morgan fingerprint density at radius 2 is 1.96 bits per heavy atom. The number of carbonyl (C=O) groups is 1. The summed E-state index contributed by atoms with van der Waals surface area (Å²) in [5.74, 6) is 0.714. The largest absolute Gasteiger partial charge is 0.469 e. The molecule has 1 N–H and O–H groups in total. The van der Waals surface area contributed by atoms with Crippen LogP contribution < -0.4 is 5.32 Å². The number of morpholine rings is 1. The van der Waals surface area contributed by atoms with Gasteiger partial charge in [0.15, 0.2) is 0 Å². The third-order valence-electron chi connectivity index (χ3n) is 5.17. The van der Waals surface area contributed by atoms with Crippen molar-refractivity contribution in [1.82, 2.24) is 15.1 Å². The molecule has 6 nitrogen and oxygen atoms in total. The molecule has 128 valence electrons. The molecule has 3 heterocycles. The van der Waals surface area contributed by atoms with Gasteiger partial charge in [0, 0.05) is 25.2 Å². The first-order valence-electron chi connectivity index (χ1n) is 8.44. The zero-order valence-electron chi connectivity index (χ0n) is 14.1. The van der Waals surface area contributed by atoms with Gasteiger partial charge >= 0.3 is 0 Å². The summed E-state index contributed by atoms with van der Waals surface area (Å²) in [5, 5.41) is 3.14. The van der Waals surface area contributed by atoms with Crippen LogP contribution in [0.15, 0.2) is 16.7 Å². The summed E-state index contributed by atoms with van der Waals surface area (Å²) in [6.45, 7) is 8.14. The summed E-state index contributed by atoms with van der Waals surface area (Å²) in [5.41, 5.74) is 0.651. The minimum Gasteiger partial charge on any atom is -0.469 e. The molecular formula is C17H27N3O3. The number of furan rings is 1. The number of hydrogen-bond acceptors (Lipinski definition) is 5. The Bertz CT molecular complexity index is 529. The van der Waals surface area contributed by atoms with Crippen LogP contribution in [-0.2, 0) is 4.74 Å². The van der Waals surface area contributed by atoms with Gasteiger partial charge in [-0.05, 0) is 46.0 Å². The van der Waals surface area contributed by atoms with E-state index in [0.717, 1.165) is 58.0 Å². The number of rotatable bonds is 4. The average Bonchev–Trinajstić information content (AvgIpc) is 3.02. The van der Waals surface area contributed by atoms with Gasteiger partial charge in [0.25, 0.3) is 5.91 Å². The first-order valence-corrected chi connectivity index (χ1v) is 8.44. The van der Waals surface area contributed by atoms with Gasteiger partial charge in [-0.3, -0.25) is 9.69 Å². The van der Waals surface area contributed by atoms with Gasteiger partial charge < -0.3 is 19.4 Å². The van der Waals surface area contributed by atoms with E-state index in [1.54, 1.807) is 6.07 Å². The Morgan fingerprint density at radius 1 is 1.26 bits per heavy atom. The van der Waals surface area contributed by atoms with Crippen molar-refractivity contribution in [2.45, 2.75) is 25.3 Å². The van der Waals surface area contributed by atoms with Crippen LogP contribution in [0.5, 0.6) is 0 Å². The molecule has 0 saturated carbocycles. The molecular weight excluding hydrogens is 294 g/mol. The Balaban J connectivity index is 1.67. The predicted molar refractivity (Wildman–Crippen MR) is 87.6 cm³/mol. The van der Waals surface area contributed by atoms with Gasteiger partial charge in [-0.15, -0.1) is 0 Å². The van der Waals surface area contributed by atoms with E-state index in [1.165, 1.54) is 6.26 Å². The number of amides is 1. The van der Waals surface area contributed by atoms with Crippen molar-refractivity contribution in [3.63, 3.8) is 0 Å². The molecule has 0 radical (unpaired) electrons. The highest BCUT2D eigenvalue weighted by molar-refractivity contribution is 5.94. The summed E-state index contributed by atoms with van der Waals surface area (Å²) in [6, 6.07) is 1.78. The van der Waals surface area contributed by atoms with Crippen LogP contribution in [0.3, 0.4) is 0 Å². The Hall–Kier alpha value is -1.37. The van der Waals surface area contributed by atoms with Crippen LogP contribution >= 0.6 is 0 Å². The second-order valence-electron chi connectivity index (χ2n) is 6.76. The minimum absolute atomic E-state index is 0.0464. The van der Waals surface area contributed by atoms with Gasteiger partial charge in [-0.1, -0.05) is 0 Å². The van der Waals surface area contributed by atoms with E-state index >= 15 is 0 Å². The van der Waals surface area contributed by atoms with Gasteiger partial charge in [-0.25, -0.2) is 0 Å². The number of nitrogens with zero attached hydrogens (tertiary/aromatic N) is 2. The highest BCUT2D eigenvalue weighted by Gasteiger charge is 2.40. The number of hydrogen-bond donors (Lipinski definition) is 1. The van der Waals surface area contributed by atoms with Crippen LogP contribution in [0.1, 0.15) is 29.0 Å². The van der Waals surface area contributed by atoms with E-state index in [0.29, 0.717) is 12.1 Å². The van der Waals surface area contributed by atoms with Crippen LogP contribution in [-0.4, -0.2) is 74.2 Å². The fourth-order valence-electron chi connectivity index (χ4n) is 3.59. The van der Waals surface area contributed by atoms with E-state index in [2.05, 4.69) is 22.2 Å². The van der Waals surface area contributed by atoms with Crippen molar-refractivity contribution < 1.29 is 13.9 Å². The molecule has 0 aliphatic carbocycles. The summed E-state index contributed by atoms with van der Waals surface area (Å²) in [4.78, 5) is 17.2. The quantitative estimate of drug-likeness (QED) is 0.900. The van der Waals surface area contributed by atoms with Crippen molar-refractivity contribution in [2.24, 2.45) is 0 Å². The zero-order chi connectivity index (χ0) is 16.3. The fourth-order valence-corrected chi connectivity index (χ4v) is 3.59. The minimum atomic E-state index is -0.0478. The topological polar surface area (TPSA) is 58.0 Å². The number of ether oxygens (including phenoxy) is 1. The molecule has 2 aliphatic heterocycles. The Kier molecular flexibility index (Phi) is 5.04. The second-order valence-corrected chi connectivity index (χ2v) is 6.76. The molecule has 23 heavy (non-hydrogen) atoms. The Labute approximate surface area is 137 Å². The molecule has 2 saturated heterocycles. The lowest BCUT2D eigenvalue weighted by molar-refractivity contribution is -0.0439. The van der Waals surface area contributed by atoms with Crippen molar-refractivity contribution in [1.29, 1.82) is 0 Å². The average molecular weight is 321 g/mol. The normalized spacial score (nSPS) is 22.9. The number of likely N-dealkylation sites (tertiary alicyclic amines) is 1. The smallest absolute Gasteiger partial charge is 0.254 e. The molecule has 2 aliphatic rings. The molecule has 1 amide bonds. The van der Waals surface area contributed by atoms with Crippen molar-refractivity contribution in [3.05, 3.63) is 23.7 Å². The monoisotopic (exact) mass is 321 g/mol. The molecule has 0 aromatic carbocycles. The second kappa shape index (κ2) is 7.03. The molecule has 6 heteroatoms. The lowest BCUT2D eigenvalue weighted by Gasteiger charge is -2.49. The van der Waals surface area contributed by atoms with Crippen LogP contribution in [0.25, 0.3) is 0 Å². The van der Waals surface area contributed by atoms with Crippen LogP contribution in [0.2, 0.25) is 0 Å². The number of nitrogens with one attached hydrogen (secondary N) is 1. The zero-order valence-corrected chi connectivity index (χ0v) is 14.1. The number of piperidine rings is 1. The van der Waals surface area contributed by atoms with Gasteiger partial charge in [-0.2, -0.15) is 0 Å². The van der Waals surface area contributed by atoms with E-state index in [9.17, 15) is 4.79 Å². The van der Waals surface area contributed by atoms with Crippen molar-refractivity contribution in [3.8, 4) is 0 Å². The van der Waals surface area contributed by atoms with E-state index in [4.69, 9.17) is 9.15 Å². The first-order chi connectivity index (χ1) is 11.1. The highest BCUT2D eigenvalue weighted by Crippen LogP contribution is 2.29. The summed E-state index contributed by atoms with van der Waals surface area (Å²) < 4.78 is 10.7. The maximum atomic E-state index is 12.4. The summed E-state index contributed by atoms with van der Waals surface area (Å²) in [6.07, 6.45) is 3.68. The van der Waals surface area contributed by atoms with Crippen LogP contribution in [0.4, 0.5) is 0 Å². The molecule has 0 atom stereocenters. The van der Waals surface area contributed by atoms with Crippen LogP contribution in [0, 0.1) is 6.92 Å². The van der Waals surface area contributed by atoms with E-state index in [-0.39, 0.29) is 11.4 Å². The van der Waals surface area contributed by atoms with E-state index in [1.807, 2.05) is 6.92 Å². The molecule has 1 aromatic rings. The van der Waals surface area contributed by atoms with Gasteiger partial charge in [0.2, 0.25) is 0 Å². The fraction of sp³-hybridized carbons (Fsp3) is 0.706. The summed E-state index contributed by atoms with van der Waals surface area (Å²) >= 11 is 0. The molecule has 1 aromatic heterocycles. The molecule has 2 fully saturated rings. The van der Waals surface area contributed by atoms with Crippen molar-refractivity contribution in [2.75, 3.05) is 53.0 Å². The lowest BCUT2D eigenvalue weighted by Crippen LogP contribution is -2.62. The maximum Gasteiger partial charge on any atom is 0.254 e. The molecule has 0 bridgehead atoms. The first kappa shape index (κ1) is 16.5. The third kappa shape index (κ3) is 3.76. The molecule has 3 rings (SSSR count). The number of carbonyl (C=O) groups excluding carboxylic acids is 1. The predicted octanol–water partition coefficient (Wildman–Crippen LogP) is 1.11.